The van der Waals surface area contributed by atoms with E-state index < -0.39 is 6.09 Å². The summed E-state index contributed by atoms with van der Waals surface area (Å²) in [5.74, 6) is 0.803. The Hall–Kier alpha value is -2.20. The highest BCUT2D eigenvalue weighted by Gasteiger charge is 2.12. The quantitative estimate of drug-likeness (QED) is 0.827. The summed E-state index contributed by atoms with van der Waals surface area (Å²) in [6.45, 7) is 6.38. The van der Waals surface area contributed by atoms with Crippen LogP contribution in [0.3, 0.4) is 0 Å². The molecule has 0 aliphatic rings. The SMILES string of the molecule is CCOC(=O)Nc1c(Cl)cccc1COc1ccc(C)cc1C. The second-order valence-electron chi connectivity index (χ2n) is 5.18. The number of carbonyl (C=O) groups excluding carboxylic acids is 1. The summed E-state index contributed by atoms with van der Waals surface area (Å²) in [5, 5.41) is 3.11. The van der Waals surface area contributed by atoms with Crippen molar-refractivity contribution in [2.24, 2.45) is 0 Å². The minimum absolute atomic E-state index is 0.296. The van der Waals surface area contributed by atoms with E-state index in [0.717, 1.165) is 16.9 Å². The van der Waals surface area contributed by atoms with Crippen molar-refractivity contribution < 1.29 is 14.3 Å². The molecule has 0 aliphatic heterocycles. The zero-order valence-corrected chi connectivity index (χ0v) is 14.2. The van der Waals surface area contributed by atoms with E-state index in [-0.39, 0.29) is 0 Å². The van der Waals surface area contributed by atoms with Crippen LogP contribution in [0.4, 0.5) is 10.5 Å². The Bertz CT molecular complexity index is 701. The highest BCUT2D eigenvalue weighted by molar-refractivity contribution is 6.33. The van der Waals surface area contributed by atoms with Crippen molar-refractivity contribution in [3.8, 4) is 5.75 Å². The third kappa shape index (κ3) is 4.63. The van der Waals surface area contributed by atoms with Crippen molar-refractivity contribution in [3.05, 3.63) is 58.1 Å². The van der Waals surface area contributed by atoms with E-state index in [1.165, 1.54) is 5.56 Å². The van der Waals surface area contributed by atoms with Crippen LogP contribution >= 0.6 is 11.6 Å². The first-order valence-electron chi connectivity index (χ1n) is 7.42. The zero-order chi connectivity index (χ0) is 16.8. The maximum Gasteiger partial charge on any atom is 0.411 e. The van der Waals surface area contributed by atoms with Gasteiger partial charge in [0.15, 0.2) is 0 Å². The molecule has 122 valence electrons. The number of ether oxygens (including phenoxy) is 2. The van der Waals surface area contributed by atoms with Gasteiger partial charge in [-0.05, 0) is 38.5 Å². The molecule has 0 unspecified atom stereocenters. The second kappa shape index (κ2) is 7.88. The Morgan fingerprint density at radius 2 is 2.00 bits per heavy atom. The molecular formula is C18H20ClNO3. The van der Waals surface area contributed by atoms with Gasteiger partial charge in [0.1, 0.15) is 12.4 Å². The lowest BCUT2D eigenvalue weighted by Gasteiger charge is -2.14. The molecule has 2 rings (SSSR count). The van der Waals surface area contributed by atoms with Crippen molar-refractivity contribution in [1.82, 2.24) is 0 Å². The molecule has 0 aliphatic carbocycles. The van der Waals surface area contributed by atoms with Crippen LogP contribution in [0.1, 0.15) is 23.6 Å². The number of nitrogens with one attached hydrogen (secondary N) is 1. The Labute approximate surface area is 141 Å². The Balaban J connectivity index is 2.16. The standard InChI is InChI=1S/C18H20ClNO3/c1-4-22-18(21)20-17-14(6-5-7-15(17)19)11-23-16-9-8-12(2)10-13(16)3/h5-10H,4,11H2,1-3H3,(H,20,21). The predicted octanol–water partition coefficient (Wildman–Crippen LogP) is 5.10. The fraction of sp³-hybridized carbons (Fsp3) is 0.278. The first-order chi connectivity index (χ1) is 11.0. The largest absolute Gasteiger partial charge is 0.489 e. The fourth-order valence-electron chi connectivity index (χ4n) is 2.22. The van der Waals surface area contributed by atoms with Crippen molar-refractivity contribution in [2.45, 2.75) is 27.4 Å². The molecule has 2 aromatic carbocycles. The number of halogens is 1. The highest BCUT2D eigenvalue weighted by atomic mass is 35.5. The van der Waals surface area contributed by atoms with Crippen LogP contribution < -0.4 is 10.1 Å². The van der Waals surface area contributed by atoms with Crippen LogP contribution in [0.25, 0.3) is 0 Å². The molecule has 0 bridgehead atoms. The zero-order valence-electron chi connectivity index (χ0n) is 13.5. The van der Waals surface area contributed by atoms with E-state index in [1.807, 2.05) is 38.1 Å². The predicted molar refractivity (Wildman–Crippen MR) is 92.3 cm³/mol. The van der Waals surface area contributed by atoms with Gasteiger partial charge in [0.05, 0.1) is 17.3 Å². The van der Waals surface area contributed by atoms with Crippen LogP contribution in [-0.2, 0) is 11.3 Å². The number of amides is 1. The topological polar surface area (TPSA) is 47.6 Å². The average molecular weight is 334 g/mol. The molecule has 0 spiro atoms. The van der Waals surface area contributed by atoms with Crippen LogP contribution in [0.2, 0.25) is 5.02 Å². The molecular weight excluding hydrogens is 314 g/mol. The monoisotopic (exact) mass is 333 g/mol. The molecule has 0 fully saturated rings. The fourth-order valence-corrected chi connectivity index (χ4v) is 2.46. The first-order valence-corrected chi connectivity index (χ1v) is 7.80. The van der Waals surface area contributed by atoms with E-state index in [2.05, 4.69) is 11.4 Å². The van der Waals surface area contributed by atoms with E-state index in [1.54, 1.807) is 13.0 Å². The van der Waals surface area contributed by atoms with Gasteiger partial charge in [-0.1, -0.05) is 41.4 Å². The third-order valence-corrected chi connectivity index (χ3v) is 3.63. The maximum absolute atomic E-state index is 11.6. The van der Waals surface area contributed by atoms with Gasteiger partial charge >= 0.3 is 6.09 Å². The van der Waals surface area contributed by atoms with E-state index >= 15 is 0 Å². The molecule has 23 heavy (non-hydrogen) atoms. The van der Waals surface area contributed by atoms with E-state index in [4.69, 9.17) is 21.1 Å². The summed E-state index contributed by atoms with van der Waals surface area (Å²) in [7, 11) is 0. The summed E-state index contributed by atoms with van der Waals surface area (Å²) in [4.78, 5) is 11.6. The van der Waals surface area contributed by atoms with Gasteiger partial charge in [-0.2, -0.15) is 0 Å². The van der Waals surface area contributed by atoms with Gasteiger partial charge in [-0.15, -0.1) is 0 Å². The molecule has 2 aromatic rings. The average Bonchev–Trinajstić information content (AvgIpc) is 2.49. The van der Waals surface area contributed by atoms with Gasteiger partial charge in [-0.25, -0.2) is 4.79 Å². The third-order valence-electron chi connectivity index (χ3n) is 3.32. The molecule has 0 atom stereocenters. The van der Waals surface area contributed by atoms with Crippen molar-refractivity contribution >= 4 is 23.4 Å². The Kier molecular flexibility index (Phi) is 5.88. The van der Waals surface area contributed by atoms with E-state index in [0.29, 0.717) is 23.9 Å². The summed E-state index contributed by atoms with van der Waals surface area (Å²) in [6, 6.07) is 11.4. The summed E-state index contributed by atoms with van der Waals surface area (Å²) in [6.07, 6.45) is -0.534. The van der Waals surface area contributed by atoms with Gasteiger partial charge in [0.25, 0.3) is 0 Å². The molecule has 0 saturated carbocycles. The smallest absolute Gasteiger partial charge is 0.411 e. The van der Waals surface area contributed by atoms with E-state index in [9.17, 15) is 4.79 Å². The second-order valence-corrected chi connectivity index (χ2v) is 5.58. The normalized spacial score (nSPS) is 10.3. The van der Waals surface area contributed by atoms with Crippen LogP contribution in [-0.4, -0.2) is 12.7 Å². The molecule has 4 nitrogen and oxygen atoms in total. The lowest BCUT2D eigenvalue weighted by molar-refractivity contribution is 0.168. The molecule has 0 radical (unpaired) electrons. The number of carbonyl (C=O) groups is 1. The molecule has 0 heterocycles. The lowest BCUT2D eigenvalue weighted by atomic mass is 10.1. The molecule has 0 saturated heterocycles. The summed E-state index contributed by atoms with van der Waals surface area (Å²) in [5.41, 5.74) is 3.54. The number of rotatable bonds is 5. The van der Waals surface area contributed by atoms with Crippen LogP contribution in [0.5, 0.6) is 5.75 Å². The molecule has 0 aromatic heterocycles. The number of hydrogen-bond acceptors (Lipinski definition) is 3. The Morgan fingerprint density at radius 1 is 1.22 bits per heavy atom. The van der Waals surface area contributed by atoms with Crippen molar-refractivity contribution in [2.75, 3.05) is 11.9 Å². The summed E-state index contributed by atoms with van der Waals surface area (Å²) < 4.78 is 10.8. The number of hydrogen-bond donors (Lipinski definition) is 1. The lowest BCUT2D eigenvalue weighted by Crippen LogP contribution is -2.15. The molecule has 5 heteroatoms. The highest BCUT2D eigenvalue weighted by Crippen LogP contribution is 2.28. The number of para-hydroxylation sites is 1. The number of aryl methyl sites for hydroxylation is 2. The maximum atomic E-state index is 11.6. The van der Waals surface area contributed by atoms with Crippen LogP contribution in [0.15, 0.2) is 36.4 Å². The number of anilines is 1. The van der Waals surface area contributed by atoms with Crippen LogP contribution in [0, 0.1) is 13.8 Å². The van der Waals surface area contributed by atoms with Gasteiger partial charge in [0, 0.05) is 5.56 Å². The van der Waals surface area contributed by atoms with Gasteiger partial charge in [-0.3, -0.25) is 5.32 Å². The number of benzene rings is 2. The van der Waals surface area contributed by atoms with Crippen molar-refractivity contribution in [1.29, 1.82) is 0 Å². The molecule has 1 N–H and O–H groups in total. The van der Waals surface area contributed by atoms with Crippen molar-refractivity contribution in [3.63, 3.8) is 0 Å². The van der Waals surface area contributed by atoms with Gasteiger partial charge in [0.2, 0.25) is 0 Å². The Morgan fingerprint density at radius 3 is 2.70 bits per heavy atom. The minimum Gasteiger partial charge on any atom is -0.489 e. The minimum atomic E-state index is -0.534. The summed E-state index contributed by atoms with van der Waals surface area (Å²) >= 11 is 6.18. The first kappa shape index (κ1) is 17.2. The molecule has 1 amide bonds. The van der Waals surface area contributed by atoms with Gasteiger partial charge < -0.3 is 9.47 Å².